The zero-order valence-corrected chi connectivity index (χ0v) is 19.1. The van der Waals surface area contributed by atoms with E-state index in [4.69, 9.17) is 10.00 Å². The molecule has 3 aliphatic heterocycles. The Hall–Kier alpha value is -3.92. The molecule has 3 heterocycles. The van der Waals surface area contributed by atoms with Gasteiger partial charge in [0.05, 0.1) is 35.7 Å². The van der Waals surface area contributed by atoms with E-state index in [1.807, 2.05) is 0 Å². The average molecular weight is 488 g/mol. The summed E-state index contributed by atoms with van der Waals surface area (Å²) in [7, 11) is 0. The lowest BCUT2D eigenvalue weighted by Crippen LogP contribution is -2.75. The van der Waals surface area contributed by atoms with Gasteiger partial charge < -0.3 is 9.64 Å². The van der Waals surface area contributed by atoms with Gasteiger partial charge in [-0.15, -0.1) is 0 Å². The smallest absolute Gasteiger partial charge is 0.328 e. The molecule has 11 nitrogen and oxygen atoms in total. The highest BCUT2D eigenvalue weighted by Gasteiger charge is 2.63. The molecule has 3 atom stereocenters. The Morgan fingerprint density at radius 3 is 2.57 bits per heavy atom. The first-order valence-electron chi connectivity index (χ1n) is 10.8. The summed E-state index contributed by atoms with van der Waals surface area (Å²) >= 11 is 0. The number of amides is 5. The quantitative estimate of drug-likeness (QED) is 0.320. The summed E-state index contributed by atoms with van der Waals surface area (Å²) in [5, 5.41) is 16.5. The van der Waals surface area contributed by atoms with E-state index in [1.165, 1.54) is 17.9 Å². The van der Waals surface area contributed by atoms with Crippen LogP contribution in [0.5, 0.6) is 0 Å². The first kappa shape index (κ1) is 24.2. The second-order valence-corrected chi connectivity index (χ2v) is 8.76. The molecule has 0 aromatic heterocycles. The number of ether oxygens (including phenoxy) is 1. The molecule has 35 heavy (non-hydrogen) atoms. The Morgan fingerprint density at radius 2 is 1.94 bits per heavy atom. The number of carbonyl (C=O) groups is 4. The van der Waals surface area contributed by atoms with Crippen molar-refractivity contribution in [3.8, 4) is 6.07 Å². The van der Waals surface area contributed by atoms with Gasteiger partial charge in [0, 0.05) is 18.5 Å². The van der Waals surface area contributed by atoms with E-state index < -0.39 is 65.5 Å². The van der Waals surface area contributed by atoms with Crippen molar-refractivity contribution in [2.24, 2.45) is 10.5 Å². The largest absolute Gasteiger partial charge is 0.372 e. The van der Waals surface area contributed by atoms with Crippen LogP contribution in [-0.2, 0) is 25.5 Å². The summed E-state index contributed by atoms with van der Waals surface area (Å²) in [4.78, 5) is 51.1. The third-order valence-corrected chi connectivity index (χ3v) is 6.44. The molecule has 2 fully saturated rings. The molecule has 0 bridgehead atoms. The zero-order valence-electron chi connectivity index (χ0n) is 19.1. The number of morpholine rings is 1. The fraction of sp³-hybridized carbons (Fsp3) is 0.455. The van der Waals surface area contributed by atoms with Crippen molar-refractivity contribution >= 4 is 35.2 Å². The number of hydrazone groups is 1. The number of urea groups is 1. The van der Waals surface area contributed by atoms with Crippen molar-refractivity contribution in [1.82, 2.24) is 16.1 Å². The maximum atomic E-state index is 15.6. The minimum atomic E-state index is -1.85. The van der Waals surface area contributed by atoms with Crippen molar-refractivity contribution in [3.63, 3.8) is 0 Å². The van der Waals surface area contributed by atoms with E-state index in [2.05, 4.69) is 21.2 Å². The highest BCUT2D eigenvalue weighted by Crippen LogP contribution is 2.48. The van der Waals surface area contributed by atoms with Crippen molar-refractivity contribution < 1.29 is 32.7 Å². The Kier molecular flexibility index (Phi) is 6.02. The number of nitrogens with one attached hydrogen (secondary N) is 3. The molecule has 1 aromatic rings. The van der Waals surface area contributed by atoms with Gasteiger partial charge in [-0.2, -0.15) is 10.4 Å². The van der Waals surface area contributed by atoms with Gasteiger partial charge >= 0.3 is 6.03 Å². The molecule has 2 saturated heterocycles. The van der Waals surface area contributed by atoms with Gasteiger partial charge in [0.25, 0.3) is 5.91 Å². The predicted molar refractivity (Wildman–Crippen MR) is 116 cm³/mol. The third kappa shape index (κ3) is 3.79. The van der Waals surface area contributed by atoms with Crippen LogP contribution in [0.4, 0.5) is 19.3 Å². The number of benzene rings is 1. The van der Waals surface area contributed by atoms with Gasteiger partial charge in [0.15, 0.2) is 17.0 Å². The average Bonchev–Trinajstić information content (AvgIpc) is 2.77. The fourth-order valence-electron chi connectivity index (χ4n) is 5.12. The topological polar surface area (TPSA) is 153 Å². The van der Waals surface area contributed by atoms with Gasteiger partial charge in [-0.05, 0) is 32.4 Å². The lowest BCUT2D eigenvalue weighted by Gasteiger charge is -2.55. The number of halogens is 2. The van der Waals surface area contributed by atoms with Crippen LogP contribution in [0.1, 0.15) is 38.3 Å². The summed E-state index contributed by atoms with van der Waals surface area (Å²) in [6.45, 7) is 4.74. The Bertz CT molecular complexity index is 1210. The molecule has 0 radical (unpaired) electrons. The molecular formula is C22H22F2N6O5. The van der Waals surface area contributed by atoms with Crippen molar-refractivity contribution in [3.05, 3.63) is 28.8 Å². The van der Waals surface area contributed by atoms with Crippen LogP contribution in [0.3, 0.4) is 0 Å². The standard InChI is InChI=1S/C22H22F2N6O5/c1-9-8-30-17-12(6-13(15(23)16(17)24)10(2)28-29-14(31)4-5-25)7-22(18(30)11(3)35-9)19(32)26-21(34)27-20(22)33/h6,9,11,18H,4,7-8H2,1-3H3,(H,29,31)(H2,26,27,32,33,34)/t9-,11+,18-/m1/s1. The van der Waals surface area contributed by atoms with Gasteiger partial charge in [-0.1, -0.05) is 0 Å². The van der Waals surface area contributed by atoms with Crippen molar-refractivity contribution in [2.75, 3.05) is 11.4 Å². The van der Waals surface area contributed by atoms with E-state index in [-0.39, 0.29) is 35.5 Å². The molecule has 3 aliphatic rings. The number of nitrogens with zero attached hydrogens (tertiary/aromatic N) is 3. The Labute approximate surface area is 198 Å². The molecule has 184 valence electrons. The van der Waals surface area contributed by atoms with Crippen molar-refractivity contribution in [1.29, 1.82) is 5.26 Å². The van der Waals surface area contributed by atoms with E-state index in [1.54, 1.807) is 19.9 Å². The van der Waals surface area contributed by atoms with Gasteiger partial charge in [-0.3, -0.25) is 25.0 Å². The molecule has 0 aliphatic carbocycles. The predicted octanol–water partition coefficient (Wildman–Crippen LogP) is 0.609. The molecule has 4 rings (SSSR count). The lowest BCUT2D eigenvalue weighted by atomic mass is 9.66. The molecule has 5 amide bonds. The number of fused-ring (bicyclic) bond motifs is 4. The minimum Gasteiger partial charge on any atom is -0.372 e. The maximum Gasteiger partial charge on any atom is 0.328 e. The number of hydrogen-bond donors (Lipinski definition) is 3. The molecule has 0 unspecified atom stereocenters. The van der Waals surface area contributed by atoms with Gasteiger partial charge in [0.2, 0.25) is 11.8 Å². The van der Waals surface area contributed by atoms with E-state index in [9.17, 15) is 19.2 Å². The summed E-state index contributed by atoms with van der Waals surface area (Å²) in [6.07, 6.45) is -1.98. The van der Waals surface area contributed by atoms with E-state index in [0.29, 0.717) is 0 Å². The van der Waals surface area contributed by atoms with E-state index >= 15 is 8.78 Å². The normalized spacial score (nSPS) is 25.3. The number of barbiturate groups is 1. The monoisotopic (exact) mass is 488 g/mol. The van der Waals surface area contributed by atoms with Crippen molar-refractivity contribution in [2.45, 2.75) is 51.9 Å². The summed E-state index contributed by atoms with van der Waals surface area (Å²) in [5.41, 5.74) is -0.120. The van der Waals surface area contributed by atoms with Gasteiger partial charge in [0.1, 0.15) is 6.42 Å². The molecule has 0 saturated carbocycles. The second kappa shape index (κ2) is 8.70. The number of anilines is 1. The molecule has 13 heteroatoms. The molecule has 1 spiro atoms. The fourth-order valence-corrected chi connectivity index (χ4v) is 5.12. The zero-order chi connectivity index (χ0) is 25.7. The van der Waals surface area contributed by atoms with Gasteiger partial charge in [-0.25, -0.2) is 19.0 Å². The van der Waals surface area contributed by atoms with E-state index in [0.717, 1.165) is 0 Å². The lowest BCUT2D eigenvalue weighted by molar-refractivity contribution is -0.153. The number of hydrogen-bond acceptors (Lipinski definition) is 8. The number of carbonyl (C=O) groups excluding carboxylic acids is 4. The van der Waals surface area contributed by atoms with Crippen LogP contribution >= 0.6 is 0 Å². The van der Waals surface area contributed by atoms with Crippen LogP contribution < -0.4 is 21.0 Å². The molecular weight excluding hydrogens is 466 g/mol. The number of rotatable bonds is 3. The van der Waals surface area contributed by atoms with Crippen LogP contribution in [0.25, 0.3) is 0 Å². The van der Waals surface area contributed by atoms with Crippen LogP contribution in [0.15, 0.2) is 11.2 Å². The molecule has 3 N–H and O–H groups in total. The Balaban J connectivity index is 1.87. The highest BCUT2D eigenvalue weighted by atomic mass is 19.2. The second-order valence-electron chi connectivity index (χ2n) is 8.76. The number of nitriles is 1. The first-order chi connectivity index (χ1) is 16.5. The first-order valence-corrected chi connectivity index (χ1v) is 10.8. The highest BCUT2D eigenvalue weighted by molar-refractivity contribution is 6.20. The minimum absolute atomic E-state index is 0.0608. The SMILES string of the molecule is CC(=NNC(=O)CC#N)c1cc2c(c(F)c1F)N1C[C@@H](C)O[C@@H](C)[C@@H]1C1(C2)C(=O)NC(=O)NC1=O. The molecule has 1 aromatic carbocycles. The third-order valence-electron chi connectivity index (χ3n) is 6.44. The maximum absolute atomic E-state index is 15.6. The van der Waals surface area contributed by atoms with Crippen LogP contribution in [-0.4, -0.2) is 54.3 Å². The summed E-state index contributed by atoms with van der Waals surface area (Å²) in [5.74, 6) is -4.89. The van der Waals surface area contributed by atoms with Crippen LogP contribution in [0, 0.1) is 28.4 Å². The summed E-state index contributed by atoms with van der Waals surface area (Å²) < 4.78 is 36.6. The van der Waals surface area contributed by atoms with Crippen LogP contribution in [0.2, 0.25) is 0 Å². The Morgan fingerprint density at radius 1 is 1.29 bits per heavy atom. The summed E-state index contributed by atoms with van der Waals surface area (Å²) in [6, 6.07) is 0.922. The number of imide groups is 2.